The Balaban J connectivity index is 2.93. The quantitative estimate of drug-likeness (QED) is 0.687. The van der Waals surface area contributed by atoms with Gasteiger partial charge in [0.2, 0.25) is 0 Å². The van der Waals surface area contributed by atoms with E-state index in [0.29, 0.717) is 5.92 Å². The number of para-hydroxylation sites is 1. The maximum absolute atomic E-state index is 4.30. The number of rotatable bonds is 5. The van der Waals surface area contributed by atoms with Crippen molar-refractivity contribution >= 4 is 22.6 Å². The molecule has 1 nitrogen and oxygen atoms in total. The van der Waals surface area contributed by atoms with E-state index in [-0.39, 0.29) is 0 Å². The monoisotopic (exact) mass is 319 g/mol. The fourth-order valence-corrected chi connectivity index (χ4v) is 3.18. The summed E-state index contributed by atoms with van der Waals surface area (Å²) in [7, 11) is 0. The molecule has 24 heavy (non-hydrogen) atoms. The molecule has 0 atom stereocenters. The molecule has 0 aliphatic heterocycles. The number of nitrogens with zero attached hydrogens (tertiary/aromatic N) is 1. The highest BCUT2D eigenvalue weighted by atomic mass is 15.0. The summed E-state index contributed by atoms with van der Waals surface area (Å²) in [6, 6.07) is 8.67. The lowest BCUT2D eigenvalue weighted by Crippen LogP contribution is -2.32. The number of hydrogen-bond acceptors (Lipinski definition) is 0. The van der Waals surface area contributed by atoms with Gasteiger partial charge in [0, 0.05) is 22.7 Å². The largest absolute Gasteiger partial charge is 0.340 e. The molecule has 0 bridgehead atoms. The van der Waals surface area contributed by atoms with Gasteiger partial charge >= 0.3 is 0 Å². The number of hydrogen-bond donors (Lipinski definition) is 0. The topological polar surface area (TPSA) is 4.93 Å². The molecule has 1 heteroatoms. The summed E-state index contributed by atoms with van der Waals surface area (Å²) in [6.45, 7) is 20.0. The molecule has 2 rings (SSSR count). The van der Waals surface area contributed by atoms with E-state index in [9.17, 15) is 0 Å². The second-order valence-electron chi connectivity index (χ2n) is 6.82. The van der Waals surface area contributed by atoms with Crippen LogP contribution in [-0.2, 0) is 6.54 Å². The highest BCUT2D eigenvalue weighted by Gasteiger charge is 2.11. The van der Waals surface area contributed by atoms with Gasteiger partial charge in [0.05, 0.1) is 5.35 Å². The van der Waals surface area contributed by atoms with E-state index in [0.717, 1.165) is 17.7 Å². The Labute approximate surface area is 146 Å². The van der Waals surface area contributed by atoms with E-state index in [1.807, 2.05) is 6.08 Å². The Morgan fingerprint density at radius 1 is 1.21 bits per heavy atom. The van der Waals surface area contributed by atoms with Crippen molar-refractivity contribution in [1.82, 2.24) is 4.57 Å². The Hall–Kier alpha value is -2.28. The highest BCUT2D eigenvalue weighted by molar-refractivity contribution is 5.83. The van der Waals surface area contributed by atoms with Crippen LogP contribution in [0, 0.1) is 5.92 Å². The zero-order valence-electron chi connectivity index (χ0n) is 15.7. The van der Waals surface area contributed by atoms with Crippen molar-refractivity contribution in [3.05, 3.63) is 71.3 Å². The smallest absolute Gasteiger partial charge is 0.0523 e. The molecule has 2 aromatic rings. The van der Waals surface area contributed by atoms with Gasteiger partial charge in [-0.15, -0.1) is 0 Å². The average Bonchev–Trinajstić information content (AvgIpc) is 2.87. The first-order valence-electron chi connectivity index (χ1n) is 8.65. The van der Waals surface area contributed by atoms with Crippen LogP contribution in [0.5, 0.6) is 0 Å². The summed E-state index contributed by atoms with van der Waals surface area (Å²) in [5.74, 6) is 0.579. The van der Waals surface area contributed by atoms with Gasteiger partial charge in [0.15, 0.2) is 0 Å². The molecule has 0 spiro atoms. The van der Waals surface area contributed by atoms with E-state index < -0.39 is 0 Å². The van der Waals surface area contributed by atoms with Crippen molar-refractivity contribution in [2.24, 2.45) is 5.92 Å². The Bertz CT molecular complexity index is 917. The highest BCUT2D eigenvalue weighted by Crippen LogP contribution is 2.15. The maximum atomic E-state index is 4.30. The van der Waals surface area contributed by atoms with E-state index in [1.54, 1.807) is 0 Å². The summed E-state index contributed by atoms with van der Waals surface area (Å²) in [4.78, 5) is 0. The van der Waals surface area contributed by atoms with Crippen molar-refractivity contribution in [2.45, 2.75) is 41.2 Å². The molecular formula is C23H29N. The number of allylic oxidation sites excluding steroid dienone is 4. The molecule has 0 unspecified atom stereocenters. The Morgan fingerprint density at radius 3 is 2.46 bits per heavy atom. The zero-order chi connectivity index (χ0) is 17.9. The summed E-state index contributed by atoms with van der Waals surface area (Å²) < 4.78 is 2.45. The molecule has 0 radical (unpaired) electrons. The molecule has 0 aliphatic carbocycles. The SMILES string of the molecule is C=CC(C)=CC(=C)C(C)=c1c(=CC)c2ccccc2n1CC(C)C. The number of fused-ring (bicyclic) bond motifs is 1. The minimum absolute atomic E-state index is 0.579. The van der Waals surface area contributed by atoms with Gasteiger partial charge in [-0.25, -0.2) is 0 Å². The van der Waals surface area contributed by atoms with Crippen LogP contribution in [0.3, 0.4) is 0 Å². The molecule has 1 heterocycles. The fourth-order valence-electron chi connectivity index (χ4n) is 3.18. The minimum Gasteiger partial charge on any atom is -0.340 e. The molecule has 126 valence electrons. The first-order chi connectivity index (χ1) is 11.4. The van der Waals surface area contributed by atoms with Crippen molar-refractivity contribution in [1.29, 1.82) is 0 Å². The first-order valence-corrected chi connectivity index (χ1v) is 8.65. The standard InChI is InChI=1S/C23H29N/c1-8-17(5)14-18(6)19(7)23-20(9-2)21-12-10-11-13-22(21)24(23)15-16(3)4/h8-14,16H,1,6,15H2,2-5,7H3. The van der Waals surface area contributed by atoms with Crippen LogP contribution in [0.4, 0.5) is 0 Å². The number of benzene rings is 1. The van der Waals surface area contributed by atoms with Gasteiger partial charge in [0.25, 0.3) is 0 Å². The Kier molecular flexibility index (Phi) is 5.66. The summed E-state index contributed by atoms with van der Waals surface area (Å²) in [5, 5.41) is 3.90. The normalized spacial score (nSPS) is 14.4. The van der Waals surface area contributed by atoms with Crippen LogP contribution in [0.1, 0.15) is 34.6 Å². The van der Waals surface area contributed by atoms with Crippen molar-refractivity contribution in [2.75, 3.05) is 0 Å². The molecule has 0 amide bonds. The van der Waals surface area contributed by atoms with E-state index in [1.165, 1.54) is 27.0 Å². The van der Waals surface area contributed by atoms with Gasteiger partial charge in [-0.1, -0.05) is 69.0 Å². The lowest BCUT2D eigenvalue weighted by atomic mass is 10.1. The molecule has 1 aromatic heterocycles. The average molecular weight is 319 g/mol. The zero-order valence-corrected chi connectivity index (χ0v) is 15.7. The third-order valence-electron chi connectivity index (χ3n) is 4.41. The van der Waals surface area contributed by atoms with Crippen LogP contribution in [0.15, 0.2) is 60.7 Å². The second kappa shape index (κ2) is 7.53. The lowest BCUT2D eigenvalue weighted by Gasteiger charge is -2.11. The van der Waals surface area contributed by atoms with Crippen LogP contribution in [0.25, 0.3) is 22.6 Å². The maximum Gasteiger partial charge on any atom is 0.0523 e. The predicted molar refractivity (Wildman–Crippen MR) is 108 cm³/mol. The van der Waals surface area contributed by atoms with Crippen molar-refractivity contribution in [3.8, 4) is 0 Å². The first kappa shape index (κ1) is 18.1. The van der Waals surface area contributed by atoms with Gasteiger partial charge < -0.3 is 4.57 Å². The van der Waals surface area contributed by atoms with Crippen LogP contribution in [0.2, 0.25) is 0 Å². The van der Waals surface area contributed by atoms with Gasteiger partial charge in [0.1, 0.15) is 0 Å². The third-order valence-corrected chi connectivity index (χ3v) is 4.41. The summed E-state index contributed by atoms with van der Waals surface area (Å²) in [5.41, 5.74) is 4.70. The minimum atomic E-state index is 0.579. The van der Waals surface area contributed by atoms with E-state index >= 15 is 0 Å². The van der Waals surface area contributed by atoms with Crippen molar-refractivity contribution in [3.63, 3.8) is 0 Å². The molecule has 0 fully saturated rings. The molecule has 1 aromatic carbocycles. The summed E-state index contributed by atoms with van der Waals surface area (Å²) >= 11 is 0. The van der Waals surface area contributed by atoms with Crippen LogP contribution in [-0.4, -0.2) is 4.57 Å². The fraction of sp³-hybridized carbons (Fsp3) is 0.304. The molecule has 0 saturated heterocycles. The number of aromatic nitrogens is 1. The van der Waals surface area contributed by atoms with Gasteiger partial charge in [-0.3, -0.25) is 0 Å². The molecular weight excluding hydrogens is 290 g/mol. The van der Waals surface area contributed by atoms with Gasteiger partial charge in [-0.05, 0) is 43.9 Å². The predicted octanol–water partition coefficient (Wildman–Crippen LogP) is 4.96. The lowest BCUT2D eigenvalue weighted by molar-refractivity contribution is 0.526. The molecule has 0 aliphatic rings. The second-order valence-corrected chi connectivity index (χ2v) is 6.82. The van der Waals surface area contributed by atoms with Crippen molar-refractivity contribution < 1.29 is 0 Å². The third kappa shape index (κ3) is 3.46. The van der Waals surface area contributed by atoms with E-state index in [2.05, 4.69) is 88.8 Å². The van der Waals surface area contributed by atoms with Crippen LogP contribution < -0.4 is 10.6 Å². The summed E-state index contributed by atoms with van der Waals surface area (Å²) in [6.07, 6.45) is 6.20. The Morgan fingerprint density at radius 2 is 1.88 bits per heavy atom. The van der Waals surface area contributed by atoms with Gasteiger partial charge in [-0.2, -0.15) is 0 Å². The van der Waals surface area contributed by atoms with Crippen LogP contribution >= 0.6 is 0 Å². The molecule has 0 N–H and O–H groups in total. The van der Waals surface area contributed by atoms with E-state index in [4.69, 9.17) is 0 Å². The molecule has 0 saturated carbocycles.